The molecule has 0 bridgehead atoms. The highest BCUT2D eigenvalue weighted by Crippen LogP contribution is 2.34. The van der Waals surface area contributed by atoms with Gasteiger partial charge in [0, 0.05) is 24.1 Å². The van der Waals surface area contributed by atoms with E-state index in [1.165, 1.54) is 21.8 Å². The average Bonchev–Trinajstić information content (AvgIpc) is 3.37. The number of urea groups is 1. The third-order valence-corrected chi connectivity index (χ3v) is 5.77. The topological polar surface area (TPSA) is 102 Å². The van der Waals surface area contributed by atoms with Gasteiger partial charge >= 0.3 is 6.03 Å². The van der Waals surface area contributed by atoms with E-state index in [-0.39, 0.29) is 24.8 Å². The minimum Gasteiger partial charge on any atom is -0.454 e. The zero-order valence-corrected chi connectivity index (χ0v) is 16.2. The van der Waals surface area contributed by atoms with Gasteiger partial charge in [0.2, 0.25) is 6.79 Å². The number of hydrogen-bond acceptors (Lipinski definition) is 7. The smallest absolute Gasteiger partial charge is 0.325 e. The number of imide groups is 1. The molecule has 1 aromatic carbocycles. The van der Waals surface area contributed by atoms with Gasteiger partial charge in [0.05, 0.1) is 12.2 Å². The van der Waals surface area contributed by atoms with Crippen molar-refractivity contribution in [2.24, 2.45) is 0 Å². The molecule has 2 aromatic heterocycles. The number of fused-ring (bicyclic) bond motifs is 2. The summed E-state index contributed by atoms with van der Waals surface area (Å²) in [5.74, 6) is 0.908. The van der Waals surface area contributed by atoms with E-state index in [9.17, 15) is 14.4 Å². The first kappa shape index (κ1) is 17.7. The minimum atomic E-state index is -1.10. The van der Waals surface area contributed by atoms with Crippen LogP contribution in [0.2, 0.25) is 0 Å². The molecule has 3 amide bonds. The number of nitrogens with one attached hydrogen (secondary N) is 1. The van der Waals surface area contributed by atoms with Crippen molar-refractivity contribution in [3.8, 4) is 11.5 Å². The molecule has 1 unspecified atom stereocenters. The predicted octanol–water partition coefficient (Wildman–Crippen LogP) is 1.54. The quantitative estimate of drug-likeness (QED) is 0.652. The highest BCUT2D eigenvalue weighted by atomic mass is 32.1. The normalized spacial score (nSPS) is 20.5. The second-order valence-electron chi connectivity index (χ2n) is 7.16. The van der Waals surface area contributed by atoms with Crippen molar-refractivity contribution in [3.05, 3.63) is 57.5 Å². The van der Waals surface area contributed by atoms with Crippen molar-refractivity contribution in [3.63, 3.8) is 0 Å². The van der Waals surface area contributed by atoms with Gasteiger partial charge in [-0.1, -0.05) is 6.07 Å². The molecule has 0 spiro atoms. The van der Waals surface area contributed by atoms with Gasteiger partial charge in [-0.25, -0.2) is 9.78 Å². The maximum absolute atomic E-state index is 13.1. The summed E-state index contributed by atoms with van der Waals surface area (Å²) in [6, 6.07) is 6.27. The Bertz CT molecular complexity index is 1220. The van der Waals surface area contributed by atoms with Gasteiger partial charge in [-0.3, -0.25) is 18.9 Å². The molecule has 1 saturated heterocycles. The van der Waals surface area contributed by atoms with Crippen LogP contribution in [0.4, 0.5) is 4.79 Å². The molecule has 4 heterocycles. The summed E-state index contributed by atoms with van der Waals surface area (Å²) in [6.07, 6.45) is 1.93. The summed E-state index contributed by atoms with van der Waals surface area (Å²) in [5, 5.41) is 4.52. The van der Waals surface area contributed by atoms with Crippen LogP contribution >= 0.6 is 11.3 Å². The van der Waals surface area contributed by atoms with Crippen molar-refractivity contribution in [1.82, 2.24) is 19.6 Å². The number of thiazole rings is 1. The van der Waals surface area contributed by atoms with Gasteiger partial charge in [0.1, 0.15) is 5.54 Å². The number of aromatic nitrogens is 2. The summed E-state index contributed by atoms with van der Waals surface area (Å²) < 4.78 is 12.1. The highest BCUT2D eigenvalue weighted by Gasteiger charge is 2.47. The van der Waals surface area contributed by atoms with Crippen molar-refractivity contribution >= 4 is 28.2 Å². The van der Waals surface area contributed by atoms with Crippen LogP contribution in [0.3, 0.4) is 0 Å². The van der Waals surface area contributed by atoms with Crippen LogP contribution in [0.1, 0.15) is 18.2 Å². The zero-order valence-electron chi connectivity index (χ0n) is 15.4. The van der Waals surface area contributed by atoms with Crippen LogP contribution in [0.25, 0.3) is 4.96 Å². The van der Waals surface area contributed by atoms with E-state index in [0.717, 1.165) is 10.5 Å². The maximum atomic E-state index is 13.1. The van der Waals surface area contributed by atoms with E-state index in [1.54, 1.807) is 24.6 Å². The van der Waals surface area contributed by atoms with Crippen LogP contribution < -0.4 is 20.3 Å². The molecular formula is C19H16N4O5S. The maximum Gasteiger partial charge on any atom is 0.325 e. The third-order valence-electron chi connectivity index (χ3n) is 5.02. The lowest BCUT2D eigenvalue weighted by molar-refractivity contribution is -0.131. The monoisotopic (exact) mass is 412 g/mol. The van der Waals surface area contributed by atoms with Gasteiger partial charge in [-0.15, -0.1) is 11.3 Å². The fourth-order valence-electron chi connectivity index (χ4n) is 3.60. The molecule has 1 N–H and O–H groups in total. The van der Waals surface area contributed by atoms with Gasteiger partial charge in [0.25, 0.3) is 11.5 Å². The van der Waals surface area contributed by atoms with E-state index in [4.69, 9.17) is 9.47 Å². The Kier molecular flexibility index (Phi) is 3.85. The Labute approximate surface area is 168 Å². The molecule has 5 rings (SSSR count). The lowest BCUT2D eigenvalue weighted by Crippen LogP contribution is -2.45. The van der Waals surface area contributed by atoms with Crippen LogP contribution in [-0.4, -0.2) is 38.6 Å². The molecule has 29 heavy (non-hydrogen) atoms. The second-order valence-corrected chi connectivity index (χ2v) is 8.03. The van der Waals surface area contributed by atoms with Crippen molar-refractivity contribution in [1.29, 1.82) is 0 Å². The average molecular weight is 412 g/mol. The molecule has 2 aliphatic rings. The summed E-state index contributed by atoms with van der Waals surface area (Å²) >= 11 is 1.31. The summed E-state index contributed by atoms with van der Waals surface area (Å²) in [6.45, 7) is 1.79. The van der Waals surface area contributed by atoms with Gasteiger partial charge in [0.15, 0.2) is 16.5 Å². The van der Waals surface area contributed by atoms with Gasteiger partial charge in [-0.05, 0) is 24.6 Å². The summed E-state index contributed by atoms with van der Waals surface area (Å²) in [5.41, 5.74) is -0.148. The van der Waals surface area contributed by atoms with Crippen molar-refractivity contribution in [2.75, 3.05) is 6.79 Å². The van der Waals surface area contributed by atoms with E-state index in [1.807, 2.05) is 12.1 Å². The highest BCUT2D eigenvalue weighted by molar-refractivity contribution is 7.15. The molecule has 1 fully saturated rings. The Hall–Kier alpha value is -3.40. The molecule has 0 radical (unpaired) electrons. The number of nitrogens with zero attached hydrogens (tertiary/aromatic N) is 3. The second kappa shape index (κ2) is 6.31. The van der Waals surface area contributed by atoms with Crippen LogP contribution in [-0.2, 0) is 17.8 Å². The molecule has 148 valence electrons. The van der Waals surface area contributed by atoms with E-state index in [2.05, 4.69) is 10.3 Å². The largest absolute Gasteiger partial charge is 0.454 e. The zero-order chi connectivity index (χ0) is 20.2. The molecule has 0 saturated carbocycles. The Morgan fingerprint density at radius 2 is 2.03 bits per heavy atom. The fourth-order valence-corrected chi connectivity index (χ4v) is 4.34. The number of carbonyl (C=O) groups is 2. The summed E-state index contributed by atoms with van der Waals surface area (Å²) in [4.78, 5) is 43.7. The van der Waals surface area contributed by atoms with E-state index < -0.39 is 11.6 Å². The summed E-state index contributed by atoms with van der Waals surface area (Å²) in [7, 11) is 0. The van der Waals surface area contributed by atoms with E-state index in [0.29, 0.717) is 28.6 Å². The third kappa shape index (κ3) is 2.92. The number of benzene rings is 1. The number of hydrogen-bond donors (Lipinski definition) is 1. The molecular weight excluding hydrogens is 396 g/mol. The number of ether oxygens (including phenoxy) is 2. The van der Waals surface area contributed by atoms with Gasteiger partial charge < -0.3 is 14.8 Å². The fraction of sp³-hybridized carbons (Fsp3) is 0.263. The molecule has 1 atom stereocenters. The van der Waals surface area contributed by atoms with E-state index >= 15 is 0 Å². The van der Waals surface area contributed by atoms with Crippen molar-refractivity contribution < 1.29 is 19.1 Å². The van der Waals surface area contributed by atoms with Crippen LogP contribution in [0.15, 0.2) is 40.6 Å². The lowest BCUT2D eigenvalue weighted by atomic mass is 9.92. The number of rotatable bonds is 4. The first-order valence-electron chi connectivity index (χ1n) is 8.91. The Balaban J connectivity index is 1.39. The Morgan fingerprint density at radius 1 is 1.21 bits per heavy atom. The standard InChI is InChI=1S/C19H16N4O5S/c1-19(8-11-2-3-13-14(6-11)28-10-27-13)16(25)23(17(26)21-19)9-12-7-15(24)22-4-5-29-18(22)20-12/h2-7H,8-10H2,1H3,(H,21,26). The van der Waals surface area contributed by atoms with Gasteiger partial charge in [-0.2, -0.15) is 0 Å². The molecule has 10 heteroatoms. The Morgan fingerprint density at radius 3 is 2.90 bits per heavy atom. The first-order valence-corrected chi connectivity index (χ1v) is 9.79. The van der Waals surface area contributed by atoms with Crippen LogP contribution in [0.5, 0.6) is 11.5 Å². The van der Waals surface area contributed by atoms with Crippen LogP contribution in [0, 0.1) is 0 Å². The molecule has 0 aliphatic carbocycles. The molecule has 2 aliphatic heterocycles. The molecule has 3 aromatic rings. The van der Waals surface area contributed by atoms with Crippen molar-refractivity contribution in [2.45, 2.75) is 25.4 Å². The SMILES string of the molecule is CC1(Cc2ccc3c(c2)OCO3)NC(=O)N(Cc2cc(=O)n3ccsc3n2)C1=O. The predicted molar refractivity (Wildman–Crippen MR) is 103 cm³/mol. The molecule has 9 nitrogen and oxygen atoms in total. The first-order chi connectivity index (χ1) is 13.9. The lowest BCUT2D eigenvalue weighted by Gasteiger charge is -2.22. The number of carbonyl (C=O) groups excluding carboxylic acids is 2. The minimum absolute atomic E-state index is 0.0644. The number of amides is 3.